The fraction of sp³-hybridized carbons (Fsp3) is 0.115. The van der Waals surface area contributed by atoms with Crippen LogP contribution in [0, 0.1) is 0 Å². The second-order valence-corrected chi connectivity index (χ2v) is 8.46. The maximum absolute atomic E-state index is 12.5. The Kier molecular flexibility index (Phi) is 5.95. The number of hydrogen-bond donors (Lipinski definition) is 1. The van der Waals surface area contributed by atoms with Gasteiger partial charge in [0.15, 0.2) is 0 Å². The monoisotopic (exact) mass is 454 g/mol. The Morgan fingerprint density at radius 2 is 1.88 bits per heavy atom. The summed E-state index contributed by atoms with van der Waals surface area (Å²) in [5, 5.41) is 10.8. The third-order valence-electron chi connectivity index (χ3n) is 5.43. The molecule has 0 spiro atoms. The van der Waals surface area contributed by atoms with Crippen molar-refractivity contribution in [1.29, 1.82) is 0 Å². The molecule has 33 heavy (non-hydrogen) atoms. The quantitative estimate of drug-likeness (QED) is 0.352. The lowest BCUT2D eigenvalue weighted by Gasteiger charge is -2.09. The SMILES string of the molecule is COc1ccccc1CNC(=O)CSc1nccn2nc(-c3cccc4ccccc34)cc12. The zero-order valence-corrected chi connectivity index (χ0v) is 18.9. The van der Waals surface area contributed by atoms with Gasteiger partial charge in [-0.3, -0.25) is 4.79 Å². The predicted molar refractivity (Wildman–Crippen MR) is 131 cm³/mol. The molecule has 0 saturated heterocycles. The lowest BCUT2D eigenvalue weighted by atomic mass is 10.0. The minimum Gasteiger partial charge on any atom is -0.496 e. The van der Waals surface area contributed by atoms with Crippen molar-refractivity contribution in [2.45, 2.75) is 11.6 Å². The van der Waals surface area contributed by atoms with E-state index in [9.17, 15) is 4.79 Å². The minimum atomic E-state index is -0.0662. The summed E-state index contributed by atoms with van der Waals surface area (Å²) in [5.41, 5.74) is 3.77. The average molecular weight is 455 g/mol. The van der Waals surface area contributed by atoms with E-state index in [0.29, 0.717) is 6.54 Å². The van der Waals surface area contributed by atoms with E-state index in [2.05, 4.69) is 34.6 Å². The van der Waals surface area contributed by atoms with Gasteiger partial charge in [0.2, 0.25) is 5.91 Å². The summed E-state index contributed by atoms with van der Waals surface area (Å²) in [7, 11) is 1.63. The smallest absolute Gasteiger partial charge is 0.230 e. The molecule has 0 bridgehead atoms. The lowest BCUT2D eigenvalue weighted by Crippen LogP contribution is -2.24. The maximum Gasteiger partial charge on any atom is 0.230 e. The molecule has 0 aliphatic heterocycles. The highest BCUT2D eigenvalue weighted by atomic mass is 32.2. The molecule has 0 saturated carbocycles. The van der Waals surface area contributed by atoms with Gasteiger partial charge in [-0.25, -0.2) is 9.50 Å². The molecule has 5 aromatic rings. The van der Waals surface area contributed by atoms with Gasteiger partial charge in [0.05, 0.1) is 24.1 Å². The second-order valence-electron chi connectivity index (χ2n) is 7.50. The zero-order valence-electron chi connectivity index (χ0n) is 18.1. The van der Waals surface area contributed by atoms with Crippen LogP contribution in [-0.2, 0) is 11.3 Å². The van der Waals surface area contributed by atoms with Gasteiger partial charge in [-0.1, -0.05) is 72.4 Å². The number of nitrogens with zero attached hydrogens (tertiary/aromatic N) is 3. The van der Waals surface area contributed by atoms with E-state index in [1.54, 1.807) is 13.3 Å². The number of methoxy groups -OCH3 is 1. The molecule has 0 unspecified atom stereocenters. The molecule has 2 aromatic heterocycles. The molecule has 1 amide bonds. The van der Waals surface area contributed by atoms with Gasteiger partial charge < -0.3 is 10.1 Å². The van der Waals surface area contributed by atoms with Crippen LogP contribution in [0.5, 0.6) is 5.75 Å². The summed E-state index contributed by atoms with van der Waals surface area (Å²) in [6, 6.07) is 24.2. The van der Waals surface area contributed by atoms with Crippen molar-refractivity contribution in [3.63, 3.8) is 0 Å². The highest BCUT2D eigenvalue weighted by Crippen LogP contribution is 2.30. The van der Waals surface area contributed by atoms with Gasteiger partial charge in [-0.05, 0) is 22.9 Å². The molecule has 7 heteroatoms. The molecule has 164 valence electrons. The van der Waals surface area contributed by atoms with Crippen molar-refractivity contribution in [3.05, 3.63) is 90.8 Å². The summed E-state index contributed by atoms with van der Waals surface area (Å²) >= 11 is 1.40. The van der Waals surface area contributed by atoms with Crippen LogP contribution in [0.4, 0.5) is 0 Å². The summed E-state index contributed by atoms with van der Waals surface area (Å²) in [6.07, 6.45) is 3.54. The van der Waals surface area contributed by atoms with Crippen LogP contribution in [0.3, 0.4) is 0 Å². The summed E-state index contributed by atoms with van der Waals surface area (Å²) < 4.78 is 7.16. The van der Waals surface area contributed by atoms with Crippen molar-refractivity contribution >= 4 is 34.0 Å². The molecule has 2 heterocycles. The first-order chi connectivity index (χ1) is 16.2. The molecule has 1 N–H and O–H groups in total. The molecular weight excluding hydrogens is 432 g/mol. The topological polar surface area (TPSA) is 68.5 Å². The number of nitrogens with one attached hydrogen (secondary N) is 1. The van der Waals surface area contributed by atoms with Crippen molar-refractivity contribution < 1.29 is 9.53 Å². The molecule has 0 fully saturated rings. The number of benzene rings is 3. The number of amides is 1. The van der Waals surface area contributed by atoms with E-state index in [-0.39, 0.29) is 11.7 Å². The summed E-state index contributed by atoms with van der Waals surface area (Å²) in [6.45, 7) is 0.416. The number of thioether (sulfide) groups is 1. The van der Waals surface area contributed by atoms with Crippen molar-refractivity contribution in [3.8, 4) is 17.0 Å². The van der Waals surface area contributed by atoms with Crippen LogP contribution in [0.1, 0.15) is 5.56 Å². The van der Waals surface area contributed by atoms with Crippen LogP contribution in [0.2, 0.25) is 0 Å². The van der Waals surface area contributed by atoms with E-state index in [1.807, 2.05) is 59.2 Å². The summed E-state index contributed by atoms with van der Waals surface area (Å²) in [4.78, 5) is 17.0. The van der Waals surface area contributed by atoms with Crippen molar-refractivity contribution in [2.75, 3.05) is 12.9 Å². The number of aromatic nitrogens is 3. The molecule has 0 radical (unpaired) electrons. The van der Waals surface area contributed by atoms with Crippen LogP contribution in [0.15, 0.2) is 90.2 Å². The van der Waals surface area contributed by atoms with E-state index >= 15 is 0 Å². The molecular formula is C26H22N4O2S. The van der Waals surface area contributed by atoms with Crippen molar-refractivity contribution in [1.82, 2.24) is 19.9 Å². The number of ether oxygens (including phenoxy) is 1. The average Bonchev–Trinajstić information content (AvgIpc) is 3.31. The van der Waals surface area contributed by atoms with Gasteiger partial charge in [0.25, 0.3) is 0 Å². The summed E-state index contributed by atoms with van der Waals surface area (Å²) in [5.74, 6) is 0.956. The van der Waals surface area contributed by atoms with Gasteiger partial charge in [-0.15, -0.1) is 0 Å². The highest BCUT2D eigenvalue weighted by molar-refractivity contribution is 8.00. The maximum atomic E-state index is 12.5. The fourth-order valence-electron chi connectivity index (χ4n) is 3.82. The Balaban J connectivity index is 1.33. The Hall–Kier alpha value is -3.84. The normalized spacial score (nSPS) is 11.1. The first-order valence-electron chi connectivity index (χ1n) is 10.6. The van der Waals surface area contributed by atoms with Crippen LogP contribution in [-0.4, -0.2) is 33.4 Å². The lowest BCUT2D eigenvalue weighted by molar-refractivity contribution is -0.118. The minimum absolute atomic E-state index is 0.0662. The molecule has 3 aromatic carbocycles. The first-order valence-corrected chi connectivity index (χ1v) is 11.6. The van der Waals surface area contributed by atoms with E-state index < -0.39 is 0 Å². The third-order valence-corrected chi connectivity index (χ3v) is 6.42. The van der Waals surface area contributed by atoms with E-state index in [1.165, 1.54) is 17.1 Å². The standard InChI is InChI=1S/C26H22N4O2S/c1-32-24-12-5-3-8-19(24)16-28-25(31)17-33-26-23-15-22(29-30(23)14-13-27-26)21-11-6-9-18-7-2-4-10-20(18)21/h2-15H,16-17H2,1H3,(H,28,31). The number of rotatable bonds is 7. The first kappa shape index (κ1) is 21.0. The molecule has 0 aliphatic carbocycles. The predicted octanol–water partition coefficient (Wildman–Crippen LogP) is 4.97. The zero-order chi connectivity index (χ0) is 22.6. The van der Waals surface area contributed by atoms with Crippen LogP contribution >= 0.6 is 11.8 Å². The van der Waals surface area contributed by atoms with Gasteiger partial charge >= 0.3 is 0 Å². The Labute approximate surface area is 195 Å². The number of carbonyl (C=O) groups excluding carboxylic acids is 1. The Morgan fingerprint density at radius 1 is 1.06 bits per heavy atom. The van der Waals surface area contributed by atoms with Gasteiger partial charge in [-0.2, -0.15) is 5.10 Å². The van der Waals surface area contributed by atoms with Gasteiger partial charge in [0.1, 0.15) is 10.8 Å². The third kappa shape index (κ3) is 4.40. The fourth-order valence-corrected chi connectivity index (χ4v) is 4.62. The molecule has 0 atom stereocenters. The number of fused-ring (bicyclic) bond motifs is 2. The molecule has 6 nitrogen and oxygen atoms in total. The van der Waals surface area contributed by atoms with Gasteiger partial charge in [0, 0.05) is 30.1 Å². The van der Waals surface area contributed by atoms with E-state index in [4.69, 9.17) is 9.84 Å². The number of hydrogen-bond acceptors (Lipinski definition) is 5. The number of para-hydroxylation sites is 1. The highest BCUT2D eigenvalue weighted by Gasteiger charge is 2.13. The largest absolute Gasteiger partial charge is 0.496 e. The second kappa shape index (κ2) is 9.34. The van der Waals surface area contributed by atoms with E-state index in [0.717, 1.165) is 38.5 Å². The Morgan fingerprint density at radius 3 is 2.79 bits per heavy atom. The molecule has 5 rings (SSSR count). The van der Waals surface area contributed by atoms with Crippen molar-refractivity contribution in [2.24, 2.45) is 0 Å². The molecule has 0 aliphatic rings. The Bertz CT molecular complexity index is 1440. The van der Waals surface area contributed by atoms with Crippen LogP contribution < -0.4 is 10.1 Å². The van der Waals surface area contributed by atoms with Crippen LogP contribution in [0.25, 0.3) is 27.5 Å². The number of carbonyl (C=O) groups is 1.